The Bertz CT molecular complexity index is 942. The maximum absolute atomic E-state index is 11.2. The first-order chi connectivity index (χ1) is 13.0. The molecule has 0 aliphatic rings. The molecule has 2 aromatic carbocycles. The summed E-state index contributed by atoms with van der Waals surface area (Å²) in [6, 6.07) is 18.8. The highest BCUT2D eigenvalue weighted by molar-refractivity contribution is 7.89. The van der Waals surface area contributed by atoms with Crippen LogP contribution in [0.1, 0.15) is 16.0 Å². The Morgan fingerprint density at radius 3 is 2.25 bits per heavy atom. The van der Waals surface area contributed by atoms with E-state index < -0.39 is 10.0 Å². The van der Waals surface area contributed by atoms with Gasteiger partial charge in [0.2, 0.25) is 10.0 Å². The molecule has 0 unspecified atom stereocenters. The van der Waals surface area contributed by atoms with E-state index in [2.05, 4.69) is 23.5 Å². The van der Waals surface area contributed by atoms with Crippen LogP contribution in [0.5, 0.6) is 5.75 Å². The standard InChI is InChI=1S/C20H22N2O3S2.ClH/c21-27(23,24)20-9-5-16(6-10-20)11-12-22-14-17-3-7-18(8-4-17)25-15-19-2-1-13-26-19;/h1-10,13,22H,11-12,14-15H2,(H2,21,23,24);1H/p-1. The van der Waals surface area contributed by atoms with Gasteiger partial charge < -0.3 is 22.5 Å². The van der Waals surface area contributed by atoms with Crippen LogP contribution in [0.3, 0.4) is 0 Å². The van der Waals surface area contributed by atoms with E-state index in [-0.39, 0.29) is 17.3 Å². The minimum absolute atomic E-state index is 0. The molecule has 0 fully saturated rings. The number of halogens is 1. The predicted molar refractivity (Wildman–Crippen MR) is 108 cm³/mol. The van der Waals surface area contributed by atoms with Crippen molar-refractivity contribution in [1.29, 1.82) is 0 Å². The van der Waals surface area contributed by atoms with Crippen molar-refractivity contribution >= 4 is 21.4 Å². The number of nitrogens with two attached hydrogens (primary N) is 1. The molecule has 1 heterocycles. The number of hydrogen-bond donors (Lipinski definition) is 2. The molecular formula is C20H22ClN2O3S2-. The molecule has 8 heteroatoms. The number of rotatable bonds is 9. The normalized spacial score (nSPS) is 11.0. The van der Waals surface area contributed by atoms with E-state index in [9.17, 15) is 8.42 Å². The van der Waals surface area contributed by atoms with Gasteiger partial charge in [0.15, 0.2) is 0 Å². The lowest BCUT2D eigenvalue weighted by atomic mass is 10.1. The molecule has 3 N–H and O–H groups in total. The number of sulfonamides is 1. The van der Waals surface area contributed by atoms with E-state index in [1.807, 2.05) is 23.6 Å². The summed E-state index contributed by atoms with van der Waals surface area (Å²) >= 11 is 1.69. The van der Waals surface area contributed by atoms with E-state index >= 15 is 0 Å². The molecular weight excluding hydrogens is 416 g/mol. The van der Waals surface area contributed by atoms with Crippen LogP contribution in [-0.4, -0.2) is 15.0 Å². The molecule has 28 heavy (non-hydrogen) atoms. The quantitative estimate of drug-likeness (QED) is 0.472. The van der Waals surface area contributed by atoms with Crippen LogP contribution in [0.15, 0.2) is 70.9 Å². The second-order valence-corrected chi connectivity index (χ2v) is 8.72. The van der Waals surface area contributed by atoms with Gasteiger partial charge in [-0.05, 0) is 59.8 Å². The maximum Gasteiger partial charge on any atom is 0.238 e. The van der Waals surface area contributed by atoms with Gasteiger partial charge in [0, 0.05) is 11.4 Å². The SMILES string of the molecule is NS(=O)(=O)c1ccc(CCNCc2ccc(OCc3cccs3)cc2)cc1.[Cl-]. The number of benzene rings is 2. The lowest BCUT2D eigenvalue weighted by Gasteiger charge is -2.08. The second-order valence-electron chi connectivity index (χ2n) is 6.13. The van der Waals surface area contributed by atoms with E-state index in [1.54, 1.807) is 35.6 Å². The predicted octanol–water partition coefficient (Wildman–Crippen LogP) is 0.311. The third-order valence-corrected chi connectivity index (χ3v) is 5.84. The highest BCUT2D eigenvalue weighted by atomic mass is 35.5. The van der Waals surface area contributed by atoms with Gasteiger partial charge in [-0.3, -0.25) is 0 Å². The molecule has 0 saturated heterocycles. The summed E-state index contributed by atoms with van der Waals surface area (Å²) in [5.74, 6) is 0.863. The van der Waals surface area contributed by atoms with Crippen molar-refractivity contribution in [2.75, 3.05) is 6.54 Å². The molecule has 0 atom stereocenters. The van der Waals surface area contributed by atoms with Crippen molar-refractivity contribution < 1.29 is 25.6 Å². The lowest BCUT2D eigenvalue weighted by Crippen LogP contribution is -3.00. The van der Waals surface area contributed by atoms with Gasteiger partial charge in [-0.2, -0.15) is 0 Å². The summed E-state index contributed by atoms with van der Waals surface area (Å²) in [5.41, 5.74) is 2.25. The first kappa shape index (κ1) is 22.4. The minimum atomic E-state index is -3.63. The second kappa shape index (κ2) is 10.6. The fourth-order valence-electron chi connectivity index (χ4n) is 2.56. The van der Waals surface area contributed by atoms with Crippen molar-refractivity contribution in [3.8, 4) is 5.75 Å². The minimum Gasteiger partial charge on any atom is -1.00 e. The Kier molecular flexibility index (Phi) is 8.47. The van der Waals surface area contributed by atoms with Crippen molar-refractivity contribution in [1.82, 2.24) is 5.32 Å². The first-order valence-corrected chi connectivity index (χ1v) is 11.0. The third-order valence-electron chi connectivity index (χ3n) is 4.06. The van der Waals surface area contributed by atoms with Gasteiger partial charge in [-0.25, -0.2) is 13.6 Å². The van der Waals surface area contributed by atoms with Gasteiger partial charge in [0.1, 0.15) is 12.4 Å². The fraction of sp³-hybridized carbons (Fsp3) is 0.200. The molecule has 0 radical (unpaired) electrons. The zero-order valence-electron chi connectivity index (χ0n) is 15.2. The van der Waals surface area contributed by atoms with Crippen molar-refractivity contribution in [2.24, 2.45) is 5.14 Å². The van der Waals surface area contributed by atoms with Gasteiger partial charge in [-0.1, -0.05) is 30.3 Å². The van der Waals surface area contributed by atoms with Crippen LogP contribution in [0.2, 0.25) is 0 Å². The number of ether oxygens (including phenoxy) is 1. The number of thiophene rings is 1. The summed E-state index contributed by atoms with van der Waals surface area (Å²) in [6.45, 7) is 2.16. The molecule has 0 spiro atoms. The van der Waals surface area contributed by atoms with Gasteiger partial charge >= 0.3 is 0 Å². The topological polar surface area (TPSA) is 81.4 Å². The number of nitrogens with one attached hydrogen (secondary N) is 1. The average molecular weight is 438 g/mol. The van der Waals surface area contributed by atoms with Crippen LogP contribution in [-0.2, 0) is 29.6 Å². The Hall–Kier alpha value is -1.90. The van der Waals surface area contributed by atoms with Gasteiger partial charge in [0.05, 0.1) is 4.90 Å². The van der Waals surface area contributed by atoms with Crippen LogP contribution in [0.4, 0.5) is 0 Å². The van der Waals surface area contributed by atoms with Crippen molar-refractivity contribution in [3.05, 3.63) is 82.0 Å². The van der Waals surface area contributed by atoms with E-state index in [1.165, 1.54) is 10.4 Å². The smallest absolute Gasteiger partial charge is 0.238 e. The van der Waals surface area contributed by atoms with Crippen LogP contribution in [0, 0.1) is 0 Å². The zero-order chi connectivity index (χ0) is 19.1. The van der Waals surface area contributed by atoms with Crippen LogP contribution in [0.25, 0.3) is 0 Å². The van der Waals surface area contributed by atoms with E-state index in [0.29, 0.717) is 6.61 Å². The van der Waals surface area contributed by atoms with E-state index in [4.69, 9.17) is 9.88 Å². The first-order valence-electron chi connectivity index (χ1n) is 8.57. The van der Waals surface area contributed by atoms with Crippen molar-refractivity contribution in [2.45, 2.75) is 24.5 Å². The average Bonchev–Trinajstić information content (AvgIpc) is 3.18. The molecule has 0 amide bonds. The number of primary sulfonamides is 1. The lowest BCUT2D eigenvalue weighted by molar-refractivity contribution is -0.00000841. The summed E-state index contributed by atoms with van der Waals surface area (Å²) < 4.78 is 28.2. The maximum atomic E-state index is 11.2. The molecule has 0 aliphatic carbocycles. The van der Waals surface area contributed by atoms with Crippen LogP contribution < -0.4 is 27.6 Å². The Morgan fingerprint density at radius 2 is 1.64 bits per heavy atom. The molecule has 0 bridgehead atoms. The molecule has 3 aromatic rings. The van der Waals surface area contributed by atoms with Crippen LogP contribution >= 0.6 is 11.3 Å². The summed E-state index contributed by atoms with van der Waals surface area (Å²) in [4.78, 5) is 1.35. The zero-order valence-corrected chi connectivity index (χ0v) is 17.6. The highest BCUT2D eigenvalue weighted by Crippen LogP contribution is 2.16. The highest BCUT2D eigenvalue weighted by Gasteiger charge is 2.06. The summed E-state index contributed by atoms with van der Waals surface area (Å²) in [5, 5.41) is 10.5. The molecule has 3 rings (SSSR count). The van der Waals surface area contributed by atoms with Gasteiger partial charge in [0.25, 0.3) is 0 Å². The van der Waals surface area contributed by atoms with Gasteiger partial charge in [-0.15, -0.1) is 11.3 Å². The monoisotopic (exact) mass is 437 g/mol. The van der Waals surface area contributed by atoms with Crippen molar-refractivity contribution in [3.63, 3.8) is 0 Å². The Morgan fingerprint density at radius 1 is 0.964 bits per heavy atom. The Balaban J connectivity index is 0.00000280. The number of hydrogen-bond acceptors (Lipinski definition) is 5. The summed E-state index contributed by atoms with van der Waals surface area (Å²) in [6.07, 6.45) is 0.812. The summed E-state index contributed by atoms with van der Waals surface area (Å²) in [7, 11) is -3.63. The molecule has 5 nitrogen and oxygen atoms in total. The molecule has 1 aromatic heterocycles. The Labute approximate surface area is 176 Å². The molecule has 0 aliphatic heterocycles. The fourth-order valence-corrected chi connectivity index (χ4v) is 3.70. The largest absolute Gasteiger partial charge is 1.00 e. The molecule has 150 valence electrons. The third kappa shape index (κ3) is 6.92. The molecule has 0 saturated carbocycles. The van der Waals surface area contributed by atoms with E-state index in [0.717, 1.165) is 30.8 Å².